The third kappa shape index (κ3) is 3.10. The highest BCUT2D eigenvalue weighted by molar-refractivity contribution is 5.74. The molecule has 138 valence electrons. The van der Waals surface area contributed by atoms with Crippen molar-refractivity contribution in [1.29, 1.82) is 0 Å². The first kappa shape index (κ1) is 17.7. The molecule has 3 rings (SSSR count). The summed E-state index contributed by atoms with van der Waals surface area (Å²) >= 11 is 0. The highest BCUT2D eigenvalue weighted by Gasteiger charge is 2.27. The van der Waals surface area contributed by atoms with Crippen molar-refractivity contribution in [3.63, 3.8) is 0 Å². The van der Waals surface area contributed by atoms with Crippen LogP contribution in [-0.2, 0) is 20.6 Å². The van der Waals surface area contributed by atoms with Crippen LogP contribution in [0.2, 0.25) is 0 Å². The maximum atomic E-state index is 12.8. The second-order valence-corrected chi connectivity index (χ2v) is 8.28. The molecule has 0 radical (unpaired) electrons. The van der Waals surface area contributed by atoms with Crippen LogP contribution in [0, 0.1) is 5.41 Å². The number of hydrogen-bond donors (Lipinski definition) is 1. The van der Waals surface area contributed by atoms with Gasteiger partial charge in [0, 0.05) is 39.8 Å². The predicted octanol–water partition coefficient (Wildman–Crippen LogP) is 0.407. The van der Waals surface area contributed by atoms with Gasteiger partial charge in [0.2, 0.25) is 5.95 Å². The normalized spacial score (nSPS) is 19.0. The molecule has 8 nitrogen and oxygen atoms in total. The molecular weight excluding hydrogens is 320 g/mol. The van der Waals surface area contributed by atoms with Crippen LogP contribution >= 0.6 is 0 Å². The highest BCUT2D eigenvalue weighted by atomic mass is 16.2. The lowest BCUT2D eigenvalue weighted by molar-refractivity contribution is 0.346. The van der Waals surface area contributed by atoms with Crippen LogP contribution in [0.1, 0.15) is 33.6 Å². The maximum Gasteiger partial charge on any atom is 0.332 e. The molecule has 1 unspecified atom stereocenters. The van der Waals surface area contributed by atoms with Crippen LogP contribution in [0.15, 0.2) is 9.59 Å². The lowest BCUT2D eigenvalue weighted by Gasteiger charge is -2.33. The van der Waals surface area contributed by atoms with E-state index in [4.69, 9.17) is 10.7 Å². The van der Waals surface area contributed by atoms with E-state index < -0.39 is 0 Å². The van der Waals surface area contributed by atoms with Gasteiger partial charge in [-0.05, 0) is 18.3 Å². The van der Waals surface area contributed by atoms with Gasteiger partial charge in [-0.3, -0.25) is 13.9 Å². The summed E-state index contributed by atoms with van der Waals surface area (Å²) in [6.45, 7) is 8.57. The Labute approximate surface area is 146 Å². The lowest BCUT2D eigenvalue weighted by atomic mass is 9.97. The average molecular weight is 348 g/mol. The number of piperidine rings is 1. The van der Waals surface area contributed by atoms with Gasteiger partial charge >= 0.3 is 5.69 Å². The number of aromatic nitrogens is 4. The molecule has 2 aromatic rings. The van der Waals surface area contributed by atoms with Gasteiger partial charge in [-0.25, -0.2) is 4.79 Å². The van der Waals surface area contributed by atoms with Gasteiger partial charge in [0.15, 0.2) is 11.2 Å². The van der Waals surface area contributed by atoms with Crippen molar-refractivity contribution in [2.45, 2.75) is 46.2 Å². The summed E-state index contributed by atoms with van der Waals surface area (Å²) in [4.78, 5) is 31.9. The topological polar surface area (TPSA) is 91.1 Å². The summed E-state index contributed by atoms with van der Waals surface area (Å²) in [5.74, 6) is 0.735. The van der Waals surface area contributed by atoms with Crippen molar-refractivity contribution < 1.29 is 0 Å². The van der Waals surface area contributed by atoms with Crippen LogP contribution in [-0.4, -0.2) is 37.8 Å². The maximum absolute atomic E-state index is 12.8. The molecule has 1 aliphatic rings. The van der Waals surface area contributed by atoms with E-state index in [0.717, 1.165) is 29.9 Å². The van der Waals surface area contributed by atoms with Crippen LogP contribution in [0.3, 0.4) is 0 Å². The first-order valence-corrected chi connectivity index (χ1v) is 8.77. The summed E-state index contributed by atoms with van der Waals surface area (Å²) in [5.41, 5.74) is 6.35. The van der Waals surface area contributed by atoms with Crippen LogP contribution in [0.25, 0.3) is 11.2 Å². The molecule has 0 aliphatic carbocycles. The van der Waals surface area contributed by atoms with E-state index in [-0.39, 0.29) is 22.7 Å². The van der Waals surface area contributed by atoms with Gasteiger partial charge in [0.1, 0.15) is 0 Å². The Morgan fingerprint density at radius 3 is 2.48 bits per heavy atom. The molecular formula is C17H28N6O2. The van der Waals surface area contributed by atoms with E-state index in [9.17, 15) is 9.59 Å². The minimum Gasteiger partial charge on any atom is -0.341 e. The summed E-state index contributed by atoms with van der Waals surface area (Å²) in [6, 6.07) is 0.100. The molecule has 1 saturated heterocycles. The second kappa shape index (κ2) is 6.01. The van der Waals surface area contributed by atoms with Gasteiger partial charge < -0.3 is 15.2 Å². The van der Waals surface area contributed by atoms with Gasteiger partial charge in [0.25, 0.3) is 5.56 Å². The minimum absolute atomic E-state index is 0.0417. The highest BCUT2D eigenvalue weighted by Crippen LogP contribution is 2.27. The molecule has 1 fully saturated rings. The van der Waals surface area contributed by atoms with Crippen molar-refractivity contribution in [2.75, 3.05) is 18.0 Å². The van der Waals surface area contributed by atoms with E-state index in [1.54, 1.807) is 7.05 Å². The zero-order valence-electron chi connectivity index (χ0n) is 15.7. The molecule has 0 amide bonds. The van der Waals surface area contributed by atoms with Crippen LogP contribution < -0.4 is 21.9 Å². The number of aryl methyl sites for hydroxylation is 1. The van der Waals surface area contributed by atoms with E-state index in [2.05, 4.69) is 25.7 Å². The second-order valence-electron chi connectivity index (χ2n) is 8.28. The molecule has 2 aromatic heterocycles. The number of hydrogen-bond acceptors (Lipinski definition) is 5. The Hall–Kier alpha value is -2.09. The summed E-state index contributed by atoms with van der Waals surface area (Å²) in [7, 11) is 3.17. The van der Waals surface area contributed by atoms with E-state index in [1.165, 1.54) is 11.6 Å². The lowest BCUT2D eigenvalue weighted by Crippen LogP contribution is -2.44. The Balaban J connectivity index is 2.30. The fourth-order valence-corrected chi connectivity index (χ4v) is 3.49. The Morgan fingerprint density at radius 1 is 1.20 bits per heavy atom. The molecule has 0 saturated carbocycles. The molecule has 0 aromatic carbocycles. The molecule has 8 heteroatoms. The van der Waals surface area contributed by atoms with Crippen molar-refractivity contribution >= 4 is 17.1 Å². The standard InChI is InChI=1S/C17H28N6O2/c1-17(2,3)10-23-12-13(20(4)16(25)21(5)14(12)24)19-15(23)22-8-6-7-11(18)9-22/h11H,6-10,18H2,1-5H3. The third-order valence-electron chi connectivity index (χ3n) is 4.70. The average Bonchev–Trinajstić information content (AvgIpc) is 2.88. The van der Waals surface area contributed by atoms with Gasteiger partial charge in [-0.15, -0.1) is 0 Å². The molecule has 0 bridgehead atoms. The number of fused-ring (bicyclic) bond motifs is 1. The Kier molecular flexibility index (Phi) is 4.26. The predicted molar refractivity (Wildman–Crippen MR) is 99.1 cm³/mol. The molecule has 2 N–H and O–H groups in total. The molecule has 3 heterocycles. The monoisotopic (exact) mass is 348 g/mol. The SMILES string of the molecule is Cn1c(=O)c2c(nc(N3CCCC(N)C3)n2CC(C)(C)C)n(C)c1=O. The third-order valence-corrected chi connectivity index (χ3v) is 4.70. The van der Waals surface area contributed by atoms with Crippen molar-refractivity contribution in [2.24, 2.45) is 25.2 Å². The number of anilines is 1. The zero-order valence-corrected chi connectivity index (χ0v) is 15.7. The summed E-state index contributed by atoms with van der Waals surface area (Å²) in [5, 5.41) is 0. The van der Waals surface area contributed by atoms with Crippen molar-refractivity contribution in [3.05, 3.63) is 20.8 Å². The van der Waals surface area contributed by atoms with Crippen molar-refractivity contribution in [3.8, 4) is 0 Å². The van der Waals surface area contributed by atoms with Gasteiger partial charge in [-0.1, -0.05) is 20.8 Å². The minimum atomic E-state index is -0.361. The van der Waals surface area contributed by atoms with Crippen LogP contribution in [0.4, 0.5) is 5.95 Å². The fraction of sp³-hybridized carbons (Fsp3) is 0.706. The van der Waals surface area contributed by atoms with E-state index in [1.807, 2.05) is 4.57 Å². The largest absolute Gasteiger partial charge is 0.341 e. The quantitative estimate of drug-likeness (QED) is 0.849. The van der Waals surface area contributed by atoms with Crippen LogP contribution in [0.5, 0.6) is 0 Å². The van der Waals surface area contributed by atoms with Gasteiger partial charge in [0.05, 0.1) is 0 Å². The number of rotatable bonds is 2. The molecule has 0 spiro atoms. The fourth-order valence-electron chi connectivity index (χ4n) is 3.49. The smallest absolute Gasteiger partial charge is 0.332 e. The first-order chi connectivity index (χ1) is 11.6. The van der Waals surface area contributed by atoms with Crippen molar-refractivity contribution in [1.82, 2.24) is 18.7 Å². The Bertz CT molecular complexity index is 914. The number of imidazole rings is 1. The number of nitrogens with zero attached hydrogens (tertiary/aromatic N) is 5. The van der Waals surface area contributed by atoms with E-state index in [0.29, 0.717) is 24.3 Å². The zero-order chi connectivity index (χ0) is 18.5. The first-order valence-electron chi connectivity index (χ1n) is 8.77. The number of nitrogens with two attached hydrogens (primary N) is 1. The Morgan fingerprint density at radius 2 is 1.88 bits per heavy atom. The molecule has 25 heavy (non-hydrogen) atoms. The summed E-state index contributed by atoms with van der Waals surface area (Å²) in [6.07, 6.45) is 1.99. The molecule has 1 atom stereocenters. The summed E-state index contributed by atoms with van der Waals surface area (Å²) < 4.78 is 4.56. The van der Waals surface area contributed by atoms with Gasteiger partial charge in [-0.2, -0.15) is 4.98 Å². The molecule has 1 aliphatic heterocycles. The van der Waals surface area contributed by atoms with E-state index >= 15 is 0 Å².